The summed E-state index contributed by atoms with van der Waals surface area (Å²) in [5.74, 6) is 0. The molecule has 0 unspecified atom stereocenters. The van der Waals surface area contributed by atoms with E-state index in [4.69, 9.17) is 5.73 Å². The zero-order valence-electron chi connectivity index (χ0n) is 6.20. The van der Waals surface area contributed by atoms with E-state index in [0.717, 1.165) is 10.6 Å². The van der Waals surface area contributed by atoms with Gasteiger partial charge in [0, 0.05) is 6.20 Å². The van der Waals surface area contributed by atoms with Crippen LogP contribution in [0.15, 0.2) is 30.6 Å². The second kappa shape index (κ2) is 3.56. The fraction of sp³-hybridized carbons (Fsp3) is 0. The van der Waals surface area contributed by atoms with Gasteiger partial charge in [-0.3, -0.25) is 4.98 Å². The first-order valence-corrected chi connectivity index (χ1v) is 3.33. The number of hydrogen-bond acceptors (Lipinski definition) is 2. The molecule has 0 saturated carbocycles. The lowest BCUT2D eigenvalue weighted by atomic mass is 10.3. The Balaban J connectivity index is 3.24. The van der Waals surface area contributed by atoms with Crippen molar-refractivity contribution < 1.29 is 0 Å². The van der Waals surface area contributed by atoms with E-state index in [1.807, 2.05) is 18.2 Å². The molecule has 56 valence electrons. The molecule has 0 saturated heterocycles. The molecule has 2 N–H and O–H groups in total. The predicted molar refractivity (Wildman–Crippen MR) is 46.8 cm³/mol. The van der Waals surface area contributed by atoms with Gasteiger partial charge < -0.3 is 5.73 Å². The topological polar surface area (TPSA) is 38.9 Å². The van der Waals surface area contributed by atoms with E-state index in [0.29, 0.717) is 0 Å². The monoisotopic (exact) mass is 146 g/mol. The molecule has 0 fully saturated rings. The number of rotatable bonds is 1. The van der Waals surface area contributed by atoms with Crippen molar-refractivity contribution >= 4 is 12.7 Å². The summed E-state index contributed by atoms with van der Waals surface area (Å²) in [4.78, 5) is 4.09. The molecule has 2 nitrogen and oxygen atoms in total. The Morgan fingerprint density at radius 1 is 1.55 bits per heavy atom. The van der Waals surface area contributed by atoms with Crippen LogP contribution in [0.2, 0.25) is 0 Å². The summed E-state index contributed by atoms with van der Waals surface area (Å²) >= 11 is 0. The van der Waals surface area contributed by atoms with Crippen LogP contribution in [0, 0.1) is 0 Å². The van der Waals surface area contributed by atoms with E-state index < -0.39 is 0 Å². The summed E-state index contributed by atoms with van der Waals surface area (Å²) in [6, 6.07) is 3.76. The largest absolute Gasteiger partial charge is 0.405 e. The van der Waals surface area contributed by atoms with Gasteiger partial charge in [0.2, 0.25) is 0 Å². The van der Waals surface area contributed by atoms with Gasteiger partial charge in [-0.05, 0) is 29.6 Å². The Morgan fingerprint density at radius 2 is 2.36 bits per heavy atom. The van der Waals surface area contributed by atoms with Crippen LogP contribution in [0.3, 0.4) is 0 Å². The third-order valence-electron chi connectivity index (χ3n) is 1.29. The second-order valence-electron chi connectivity index (χ2n) is 2.10. The summed E-state index contributed by atoms with van der Waals surface area (Å²) in [5.41, 5.74) is 5.17. The van der Waals surface area contributed by atoms with Crippen molar-refractivity contribution in [2.24, 2.45) is 5.73 Å². The molecule has 1 heterocycles. The van der Waals surface area contributed by atoms with Gasteiger partial charge in [-0.25, -0.2) is 0 Å². The molecule has 1 rings (SSSR count). The molecule has 0 aliphatic rings. The fourth-order valence-electron chi connectivity index (χ4n) is 0.748. The molecule has 0 radical (unpaired) electrons. The van der Waals surface area contributed by atoms with Gasteiger partial charge in [-0.2, -0.15) is 0 Å². The summed E-state index contributed by atoms with van der Waals surface area (Å²) in [5, 5.41) is 1.76. The first kappa shape index (κ1) is 7.54. The predicted octanol–water partition coefficient (Wildman–Crippen LogP) is -0.255. The van der Waals surface area contributed by atoms with E-state index in [1.165, 1.54) is 6.20 Å². The molecular weight excluding hydrogens is 136 g/mol. The Bertz CT molecular complexity index is 352. The van der Waals surface area contributed by atoms with Crippen LogP contribution < -0.4 is 16.3 Å². The average Bonchev–Trinajstić information content (AvgIpc) is 2.03. The van der Waals surface area contributed by atoms with Crippen LogP contribution in [-0.4, -0.2) is 4.98 Å². The number of allylic oxidation sites excluding steroid dienone is 1. The lowest BCUT2D eigenvalue weighted by molar-refractivity contribution is 1.22. The van der Waals surface area contributed by atoms with Crippen LogP contribution in [0.25, 0.3) is 12.7 Å². The summed E-state index contributed by atoms with van der Waals surface area (Å²) < 4.78 is 0. The Hall–Kier alpha value is -1.57. The number of aromatic nitrogens is 1. The van der Waals surface area contributed by atoms with E-state index >= 15 is 0 Å². The number of nitrogens with two attached hydrogens (primary N) is 1. The molecule has 1 aromatic rings. The summed E-state index contributed by atoms with van der Waals surface area (Å²) in [7, 11) is 0. The Kier molecular flexibility index (Phi) is 2.44. The van der Waals surface area contributed by atoms with Crippen molar-refractivity contribution in [3.8, 4) is 0 Å². The summed E-state index contributed by atoms with van der Waals surface area (Å²) in [6.45, 7) is 3.80. The maximum Gasteiger partial charge on any atom is 0.0696 e. The van der Waals surface area contributed by atoms with E-state index in [2.05, 4.69) is 11.6 Å². The van der Waals surface area contributed by atoms with Crippen LogP contribution >= 0.6 is 0 Å². The van der Waals surface area contributed by atoms with Gasteiger partial charge in [-0.15, -0.1) is 0 Å². The standard InChI is InChI=1S/C9H10N2/c1-8-4-3-7-11-9(8)5-2-6-10/h2-7H,1,10H2/b6-2+,9-5+. The second-order valence-corrected chi connectivity index (χ2v) is 2.10. The Labute approximate surface area is 65.4 Å². The van der Waals surface area contributed by atoms with Crippen molar-refractivity contribution in [3.63, 3.8) is 0 Å². The normalized spacial score (nSPS) is 12.5. The minimum absolute atomic E-state index is 0.856. The zero-order valence-corrected chi connectivity index (χ0v) is 6.20. The van der Waals surface area contributed by atoms with E-state index in [-0.39, 0.29) is 0 Å². The molecule has 0 spiro atoms. The van der Waals surface area contributed by atoms with Gasteiger partial charge in [-0.1, -0.05) is 12.6 Å². The number of hydrogen-bond donors (Lipinski definition) is 1. The van der Waals surface area contributed by atoms with Crippen molar-refractivity contribution in [1.82, 2.24) is 4.98 Å². The third kappa shape index (κ3) is 1.93. The van der Waals surface area contributed by atoms with Gasteiger partial charge in [0.15, 0.2) is 0 Å². The van der Waals surface area contributed by atoms with Crippen molar-refractivity contribution in [3.05, 3.63) is 41.2 Å². The molecule has 11 heavy (non-hydrogen) atoms. The van der Waals surface area contributed by atoms with Gasteiger partial charge in [0.25, 0.3) is 0 Å². The van der Waals surface area contributed by atoms with Crippen LogP contribution in [0.4, 0.5) is 0 Å². The highest BCUT2D eigenvalue weighted by atomic mass is 14.6. The molecule has 0 aliphatic carbocycles. The first-order chi connectivity index (χ1) is 5.34. The molecule has 2 heteroatoms. The smallest absolute Gasteiger partial charge is 0.0696 e. The van der Waals surface area contributed by atoms with Crippen LogP contribution in [0.1, 0.15) is 0 Å². The highest BCUT2D eigenvalue weighted by Crippen LogP contribution is 1.67. The molecule has 0 bridgehead atoms. The molecule has 0 atom stereocenters. The molecular formula is C9H10N2. The van der Waals surface area contributed by atoms with Gasteiger partial charge in [0.1, 0.15) is 0 Å². The van der Waals surface area contributed by atoms with E-state index in [9.17, 15) is 0 Å². The number of pyridine rings is 1. The SMILES string of the molecule is C=c1cccn/c1=C/C=C/N. The molecule has 0 aromatic carbocycles. The van der Waals surface area contributed by atoms with Crippen LogP contribution in [-0.2, 0) is 0 Å². The highest BCUT2D eigenvalue weighted by Gasteiger charge is 1.77. The highest BCUT2D eigenvalue weighted by molar-refractivity contribution is 5.34. The quantitative estimate of drug-likeness (QED) is 0.593. The third-order valence-corrected chi connectivity index (χ3v) is 1.29. The van der Waals surface area contributed by atoms with Gasteiger partial charge in [0.05, 0.1) is 5.35 Å². The van der Waals surface area contributed by atoms with Gasteiger partial charge >= 0.3 is 0 Å². The molecule has 0 aliphatic heterocycles. The van der Waals surface area contributed by atoms with Crippen molar-refractivity contribution in [2.45, 2.75) is 0 Å². The summed E-state index contributed by atoms with van der Waals surface area (Å²) in [6.07, 6.45) is 6.75. The minimum Gasteiger partial charge on any atom is -0.405 e. The van der Waals surface area contributed by atoms with Crippen molar-refractivity contribution in [1.29, 1.82) is 0 Å². The lowest BCUT2D eigenvalue weighted by Crippen LogP contribution is -2.25. The maximum absolute atomic E-state index is 5.17. The fourth-order valence-corrected chi connectivity index (χ4v) is 0.748. The molecule has 1 aromatic heterocycles. The maximum atomic E-state index is 5.17. The Morgan fingerprint density at radius 3 is 3.00 bits per heavy atom. The minimum atomic E-state index is 0.856. The molecule has 0 amide bonds. The average molecular weight is 146 g/mol. The zero-order chi connectivity index (χ0) is 8.10. The number of nitrogens with zero attached hydrogens (tertiary/aromatic N) is 1. The lowest BCUT2D eigenvalue weighted by Gasteiger charge is -1.83. The van der Waals surface area contributed by atoms with E-state index in [1.54, 1.807) is 12.3 Å². The van der Waals surface area contributed by atoms with Crippen molar-refractivity contribution in [2.75, 3.05) is 0 Å². The van der Waals surface area contributed by atoms with Crippen LogP contribution in [0.5, 0.6) is 0 Å². The first-order valence-electron chi connectivity index (χ1n) is 3.33.